The lowest BCUT2D eigenvalue weighted by molar-refractivity contribution is -0.383. The highest BCUT2D eigenvalue weighted by atomic mass is 79.9. The van der Waals surface area contributed by atoms with E-state index in [4.69, 9.17) is 17.3 Å². The Morgan fingerprint density at radius 1 is 1.29 bits per heavy atom. The first kappa shape index (κ1) is 15.3. The van der Waals surface area contributed by atoms with Crippen molar-refractivity contribution in [2.45, 2.75) is 0 Å². The summed E-state index contributed by atoms with van der Waals surface area (Å²) in [6.45, 7) is 0. The first-order valence-electron chi connectivity index (χ1n) is 5.69. The predicted octanol–water partition coefficient (Wildman–Crippen LogP) is 3.85. The molecule has 1 amide bonds. The number of hydrogen-bond donors (Lipinski definition) is 2. The van der Waals surface area contributed by atoms with Crippen LogP contribution in [0.1, 0.15) is 10.4 Å². The third-order valence-electron chi connectivity index (χ3n) is 2.67. The smallest absolute Gasteiger partial charge is 0.292 e. The van der Waals surface area contributed by atoms with Crippen molar-refractivity contribution < 1.29 is 9.72 Å². The molecule has 6 nitrogen and oxygen atoms in total. The number of halogens is 2. The fourth-order valence-electron chi connectivity index (χ4n) is 1.63. The lowest BCUT2D eigenvalue weighted by atomic mass is 10.2. The van der Waals surface area contributed by atoms with Crippen molar-refractivity contribution in [1.29, 1.82) is 0 Å². The van der Waals surface area contributed by atoms with Gasteiger partial charge in [-0.2, -0.15) is 0 Å². The van der Waals surface area contributed by atoms with Gasteiger partial charge in [-0.3, -0.25) is 14.9 Å². The Balaban J connectivity index is 2.33. The fourth-order valence-corrected chi connectivity index (χ4v) is 2.18. The number of carbonyl (C=O) groups is 1. The van der Waals surface area contributed by atoms with Crippen LogP contribution in [0, 0.1) is 10.1 Å². The maximum absolute atomic E-state index is 12.1. The van der Waals surface area contributed by atoms with Crippen LogP contribution in [0.15, 0.2) is 40.9 Å². The number of rotatable bonds is 3. The van der Waals surface area contributed by atoms with Crippen LogP contribution in [0.25, 0.3) is 0 Å². The zero-order valence-corrected chi connectivity index (χ0v) is 12.8. The molecule has 0 saturated carbocycles. The van der Waals surface area contributed by atoms with Gasteiger partial charge in [0.1, 0.15) is 5.69 Å². The highest BCUT2D eigenvalue weighted by Crippen LogP contribution is 2.28. The number of nitrogen functional groups attached to an aromatic ring is 1. The summed E-state index contributed by atoms with van der Waals surface area (Å²) in [4.78, 5) is 22.5. The van der Waals surface area contributed by atoms with Crippen molar-refractivity contribution in [1.82, 2.24) is 0 Å². The van der Waals surface area contributed by atoms with Crippen LogP contribution in [-0.2, 0) is 0 Å². The summed E-state index contributed by atoms with van der Waals surface area (Å²) >= 11 is 9.01. The van der Waals surface area contributed by atoms with Crippen LogP contribution in [0.5, 0.6) is 0 Å². The molecule has 0 fully saturated rings. The number of carbonyl (C=O) groups excluding carboxylic acids is 1. The van der Waals surface area contributed by atoms with E-state index in [1.807, 2.05) is 0 Å². The summed E-state index contributed by atoms with van der Waals surface area (Å²) in [6.07, 6.45) is 0. The standard InChI is InChI=1S/C13H9BrClN3O3/c14-9-5-7(1-3-10(9)16)13(19)17-11-6-8(15)2-4-12(11)18(20)21/h1-6H,16H2,(H,17,19). The van der Waals surface area contributed by atoms with Gasteiger partial charge in [0, 0.05) is 26.8 Å². The average Bonchev–Trinajstić information content (AvgIpc) is 2.41. The van der Waals surface area contributed by atoms with Crippen molar-refractivity contribution >= 4 is 50.5 Å². The molecule has 2 rings (SSSR count). The molecule has 108 valence electrons. The molecule has 2 aromatic carbocycles. The number of anilines is 2. The minimum absolute atomic E-state index is 0.0328. The first-order chi connectivity index (χ1) is 9.88. The Hall–Kier alpha value is -2.12. The molecule has 8 heteroatoms. The van der Waals surface area contributed by atoms with Crippen molar-refractivity contribution in [3.8, 4) is 0 Å². The minimum Gasteiger partial charge on any atom is -0.398 e. The molecule has 0 aliphatic heterocycles. The highest BCUT2D eigenvalue weighted by Gasteiger charge is 2.17. The van der Waals surface area contributed by atoms with Crippen LogP contribution in [-0.4, -0.2) is 10.8 Å². The number of nitrogens with two attached hydrogens (primary N) is 1. The fraction of sp³-hybridized carbons (Fsp3) is 0. The van der Waals surface area contributed by atoms with Gasteiger partial charge in [0.25, 0.3) is 11.6 Å². The zero-order chi connectivity index (χ0) is 15.6. The summed E-state index contributed by atoms with van der Waals surface area (Å²) in [5, 5.41) is 13.7. The second kappa shape index (κ2) is 6.11. The maximum atomic E-state index is 12.1. The number of amides is 1. The van der Waals surface area contributed by atoms with Gasteiger partial charge in [-0.25, -0.2) is 0 Å². The number of benzene rings is 2. The van der Waals surface area contributed by atoms with Gasteiger partial charge in [-0.1, -0.05) is 11.6 Å². The Labute approximate surface area is 133 Å². The Morgan fingerprint density at radius 3 is 2.62 bits per heavy atom. The van der Waals surface area contributed by atoms with Gasteiger partial charge >= 0.3 is 0 Å². The molecule has 0 aliphatic rings. The van der Waals surface area contributed by atoms with Gasteiger partial charge in [0.2, 0.25) is 0 Å². The summed E-state index contributed by atoms with van der Waals surface area (Å²) in [6, 6.07) is 8.55. The Morgan fingerprint density at radius 2 is 2.00 bits per heavy atom. The van der Waals surface area contributed by atoms with Crippen LogP contribution in [0.4, 0.5) is 17.1 Å². The third kappa shape index (κ3) is 3.50. The normalized spacial score (nSPS) is 10.2. The summed E-state index contributed by atoms with van der Waals surface area (Å²) in [5.74, 6) is -0.499. The molecule has 0 atom stereocenters. The number of nitro benzene ring substituents is 1. The van der Waals surface area contributed by atoms with E-state index >= 15 is 0 Å². The van der Waals surface area contributed by atoms with E-state index in [1.54, 1.807) is 6.07 Å². The molecule has 0 unspecified atom stereocenters. The average molecular weight is 371 g/mol. The van der Waals surface area contributed by atoms with Gasteiger partial charge in [-0.15, -0.1) is 0 Å². The summed E-state index contributed by atoms with van der Waals surface area (Å²) in [7, 11) is 0. The van der Waals surface area contributed by atoms with Crippen molar-refractivity contribution in [3.05, 3.63) is 61.6 Å². The SMILES string of the molecule is Nc1ccc(C(=O)Nc2cc(Cl)ccc2[N+](=O)[O-])cc1Br. The molecule has 2 aromatic rings. The second-order valence-corrected chi connectivity index (χ2v) is 5.40. The van der Waals surface area contributed by atoms with Crippen molar-refractivity contribution in [2.75, 3.05) is 11.1 Å². The van der Waals surface area contributed by atoms with Crippen molar-refractivity contribution in [3.63, 3.8) is 0 Å². The van der Waals surface area contributed by atoms with E-state index in [-0.39, 0.29) is 16.4 Å². The number of nitrogens with zero attached hydrogens (tertiary/aromatic N) is 1. The van der Waals surface area contributed by atoms with Gasteiger partial charge in [0.15, 0.2) is 0 Å². The molecule has 0 spiro atoms. The summed E-state index contributed by atoms with van der Waals surface area (Å²) < 4.78 is 0.566. The topological polar surface area (TPSA) is 98.3 Å². The molecule has 0 radical (unpaired) electrons. The number of nitrogens with one attached hydrogen (secondary N) is 1. The predicted molar refractivity (Wildman–Crippen MR) is 84.6 cm³/mol. The van der Waals surface area contributed by atoms with Crippen molar-refractivity contribution in [2.24, 2.45) is 0 Å². The van der Waals surface area contributed by atoms with E-state index < -0.39 is 10.8 Å². The molecule has 0 heterocycles. The lowest BCUT2D eigenvalue weighted by Crippen LogP contribution is -2.13. The Kier molecular flexibility index (Phi) is 4.44. The molecule has 0 aliphatic carbocycles. The van der Waals surface area contributed by atoms with Crippen LogP contribution >= 0.6 is 27.5 Å². The quantitative estimate of drug-likeness (QED) is 0.487. The largest absolute Gasteiger partial charge is 0.398 e. The maximum Gasteiger partial charge on any atom is 0.292 e. The molecule has 21 heavy (non-hydrogen) atoms. The van der Waals surface area contributed by atoms with E-state index in [1.165, 1.54) is 30.3 Å². The molecule has 3 N–H and O–H groups in total. The second-order valence-electron chi connectivity index (χ2n) is 4.11. The zero-order valence-electron chi connectivity index (χ0n) is 10.5. The monoisotopic (exact) mass is 369 g/mol. The van der Waals surface area contributed by atoms with E-state index in [0.29, 0.717) is 15.7 Å². The van der Waals surface area contributed by atoms with Crippen LogP contribution in [0.2, 0.25) is 5.02 Å². The van der Waals surface area contributed by atoms with Gasteiger partial charge in [-0.05, 0) is 46.3 Å². The molecule has 0 bridgehead atoms. The number of hydrogen-bond acceptors (Lipinski definition) is 4. The highest BCUT2D eigenvalue weighted by molar-refractivity contribution is 9.10. The van der Waals surface area contributed by atoms with Crippen LogP contribution in [0.3, 0.4) is 0 Å². The van der Waals surface area contributed by atoms with Gasteiger partial charge < -0.3 is 11.1 Å². The summed E-state index contributed by atoms with van der Waals surface area (Å²) in [5.41, 5.74) is 6.24. The van der Waals surface area contributed by atoms with E-state index in [2.05, 4.69) is 21.2 Å². The Bertz CT molecular complexity index is 737. The number of nitro groups is 1. The van der Waals surface area contributed by atoms with E-state index in [0.717, 1.165) is 0 Å². The van der Waals surface area contributed by atoms with Crippen LogP contribution < -0.4 is 11.1 Å². The molecular weight excluding hydrogens is 362 g/mol. The molecule has 0 saturated heterocycles. The van der Waals surface area contributed by atoms with Gasteiger partial charge in [0.05, 0.1) is 4.92 Å². The molecular formula is C13H9BrClN3O3. The minimum atomic E-state index is -0.592. The molecule has 0 aromatic heterocycles. The third-order valence-corrected chi connectivity index (χ3v) is 3.59. The lowest BCUT2D eigenvalue weighted by Gasteiger charge is -2.07. The van der Waals surface area contributed by atoms with E-state index in [9.17, 15) is 14.9 Å². The first-order valence-corrected chi connectivity index (χ1v) is 6.86.